The molecule has 1 atom stereocenters. The zero-order valence-electron chi connectivity index (χ0n) is 17.6. The molecule has 4 rings (SSSR count). The summed E-state index contributed by atoms with van der Waals surface area (Å²) in [5.41, 5.74) is 4.32. The molecule has 1 unspecified atom stereocenters. The highest BCUT2D eigenvalue weighted by Crippen LogP contribution is 2.36. The van der Waals surface area contributed by atoms with Crippen LogP contribution in [0.1, 0.15) is 17.5 Å². The molecule has 0 radical (unpaired) electrons. The molecule has 156 valence electrons. The van der Waals surface area contributed by atoms with E-state index >= 15 is 0 Å². The molecule has 0 fully saturated rings. The van der Waals surface area contributed by atoms with E-state index in [-0.39, 0.29) is 11.8 Å². The van der Waals surface area contributed by atoms with Crippen molar-refractivity contribution >= 4 is 23.7 Å². The number of hydrogen-bond acceptors (Lipinski definition) is 5. The van der Waals surface area contributed by atoms with Gasteiger partial charge in [-0.2, -0.15) is 0 Å². The normalized spacial score (nSPS) is 21.0. The average molecular weight is 406 g/mol. The number of likely N-dealkylation sites (N-methyl/N-ethyl adjacent to an activating group) is 2. The van der Waals surface area contributed by atoms with Gasteiger partial charge in [-0.1, -0.05) is 12.2 Å². The molecule has 7 heteroatoms. The van der Waals surface area contributed by atoms with Crippen LogP contribution in [0.5, 0.6) is 0 Å². The van der Waals surface area contributed by atoms with E-state index in [1.54, 1.807) is 23.2 Å². The Morgan fingerprint density at radius 2 is 2.20 bits per heavy atom. The van der Waals surface area contributed by atoms with E-state index in [4.69, 9.17) is 0 Å². The van der Waals surface area contributed by atoms with Gasteiger partial charge in [0.05, 0.1) is 6.54 Å². The molecule has 0 saturated carbocycles. The van der Waals surface area contributed by atoms with E-state index in [1.165, 1.54) is 11.3 Å². The number of carbonyl (C=O) groups excluding carboxylic acids is 2. The molecule has 0 spiro atoms. The standard InChI is InChI=1S/C23H27N5O2/c1-26-12-17-10-16(11-24-23(17)25-21(29)15-26)8-9-22(30)28(3)14-18-13-27(2)20-7-5-4-6-19(18)20/h4-5,7-11,13,19H,6,12,14-15H2,1-3H3,(H,24,25,29)/b9-8+. The molecule has 0 bridgehead atoms. The Balaban J connectivity index is 1.41. The Kier molecular flexibility index (Phi) is 5.55. The van der Waals surface area contributed by atoms with Crippen LogP contribution in [0.15, 0.2) is 54.0 Å². The quantitative estimate of drug-likeness (QED) is 0.778. The lowest BCUT2D eigenvalue weighted by molar-refractivity contribution is -0.124. The van der Waals surface area contributed by atoms with Crippen molar-refractivity contribution in [3.8, 4) is 0 Å². The summed E-state index contributed by atoms with van der Waals surface area (Å²) >= 11 is 0. The third-order valence-electron chi connectivity index (χ3n) is 5.66. The number of nitrogens with one attached hydrogen (secondary N) is 1. The van der Waals surface area contributed by atoms with Crippen molar-refractivity contribution in [3.05, 3.63) is 65.2 Å². The van der Waals surface area contributed by atoms with Gasteiger partial charge >= 0.3 is 0 Å². The predicted molar refractivity (Wildman–Crippen MR) is 117 cm³/mol. The van der Waals surface area contributed by atoms with Crippen LogP contribution >= 0.6 is 0 Å². The van der Waals surface area contributed by atoms with Gasteiger partial charge < -0.3 is 15.1 Å². The first-order chi connectivity index (χ1) is 14.4. The Hall–Kier alpha value is -3.19. The lowest BCUT2D eigenvalue weighted by atomic mass is 9.92. The Morgan fingerprint density at radius 1 is 1.37 bits per heavy atom. The van der Waals surface area contributed by atoms with E-state index in [0.29, 0.717) is 31.4 Å². The zero-order chi connectivity index (χ0) is 21.3. The van der Waals surface area contributed by atoms with Crippen LogP contribution in [0, 0.1) is 5.92 Å². The van der Waals surface area contributed by atoms with Crippen LogP contribution in [0.25, 0.3) is 6.08 Å². The highest BCUT2D eigenvalue weighted by molar-refractivity contribution is 5.93. The fourth-order valence-corrected chi connectivity index (χ4v) is 4.15. The van der Waals surface area contributed by atoms with Gasteiger partial charge in [0.2, 0.25) is 11.8 Å². The fourth-order valence-electron chi connectivity index (χ4n) is 4.15. The second-order valence-corrected chi connectivity index (χ2v) is 8.15. The summed E-state index contributed by atoms with van der Waals surface area (Å²) in [6, 6.07) is 1.97. The monoisotopic (exact) mass is 405 g/mol. The number of aromatic nitrogens is 1. The number of fused-ring (bicyclic) bond motifs is 2. The van der Waals surface area contributed by atoms with Crippen molar-refractivity contribution in [2.75, 3.05) is 39.5 Å². The highest BCUT2D eigenvalue weighted by atomic mass is 16.2. The van der Waals surface area contributed by atoms with Gasteiger partial charge in [0.15, 0.2) is 0 Å². The van der Waals surface area contributed by atoms with Crippen LogP contribution in [0.4, 0.5) is 5.82 Å². The summed E-state index contributed by atoms with van der Waals surface area (Å²) in [6.45, 7) is 1.57. The number of hydrogen-bond donors (Lipinski definition) is 1. The summed E-state index contributed by atoms with van der Waals surface area (Å²) in [4.78, 5) is 34.7. The summed E-state index contributed by atoms with van der Waals surface area (Å²) in [5.74, 6) is 0.831. The highest BCUT2D eigenvalue weighted by Gasteiger charge is 2.29. The molecule has 30 heavy (non-hydrogen) atoms. The van der Waals surface area contributed by atoms with E-state index in [1.807, 2.05) is 25.1 Å². The van der Waals surface area contributed by atoms with Gasteiger partial charge in [0.1, 0.15) is 5.82 Å². The SMILES string of the molecule is CN1CC(=O)Nc2ncc(/C=C/C(=O)N(C)CC3=CN(C)C4=CC=CCC34)cc2C1. The maximum Gasteiger partial charge on any atom is 0.246 e. The van der Waals surface area contributed by atoms with Crippen LogP contribution in [-0.4, -0.2) is 65.7 Å². The average Bonchev–Trinajstić information content (AvgIpc) is 2.94. The molecule has 3 heterocycles. The van der Waals surface area contributed by atoms with E-state index in [0.717, 1.165) is 17.5 Å². The fraction of sp³-hybridized carbons (Fsp3) is 0.348. The molecule has 1 aromatic rings. The number of pyridine rings is 1. The number of rotatable bonds is 4. The van der Waals surface area contributed by atoms with Gasteiger partial charge in [-0.25, -0.2) is 4.98 Å². The molecule has 2 amide bonds. The molecule has 7 nitrogen and oxygen atoms in total. The van der Waals surface area contributed by atoms with Gasteiger partial charge in [0, 0.05) is 62.8 Å². The van der Waals surface area contributed by atoms with Crippen molar-refractivity contribution in [2.24, 2.45) is 5.92 Å². The minimum Gasteiger partial charge on any atom is -0.354 e. The maximum absolute atomic E-state index is 12.7. The van der Waals surface area contributed by atoms with Gasteiger partial charge in [-0.3, -0.25) is 14.5 Å². The van der Waals surface area contributed by atoms with E-state index in [2.05, 4.69) is 46.7 Å². The Bertz CT molecular complexity index is 991. The summed E-state index contributed by atoms with van der Waals surface area (Å²) in [5, 5.41) is 2.82. The first-order valence-electron chi connectivity index (χ1n) is 10.1. The van der Waals surface area contributed by atoms with Crippen molar-refractivity contribution in [1.82, 2.24) is 19.7 Å². The Morgan fingerprint density at radius 3 is 3.03 bits per heavy atom. The molecular formula is C23H27N5O2. The molecule has 2 aliphatic heterocycles. The van der Waals surface area contributed by atoms with E-state index in [9.17, 15) is 9.59 Å². The van der Waals surface area contributed by atoms with Crippen LogP contribution in [0.2, 0.25) is 0 Å². The molecule has 3 aliphatic rings. The maximum atomic E-state index is 12.7. The number of carbonyl (C=O) groups is 2. The number of allylic oxidation sites excluding steroid dienone is 4. The lowest BCUT2D eigenvalue weighted by Crippen LogP contribution is -2.28. The van der Waals surface area contributed by atoms with E-state index < -0.39 is 0 Å². The zero-order valence-corrected chi connectivity index (χ0v) is 17.6. The minimum atomic E-state index is -0.0674. The van der Waals surface area contributed by atoms with Crippen LogP contribution in [0.3, 0.4) is 0 Å². The second-order valence-electron chi connectivity index (χ2n) is 8.15. The van der Waals surface area contributed by atoms with Gasteiger partial charge in [0.25, 0.3) is 0 Å². The number of anilines is 1. The first kappa shape index (κ1) is 20.1. The van der Waals surface area contributed by atoms with Crippen molar-refractivity contribution in [2.45, 2.75) is 13.0 Å². The smallest absolute Gasteiger partial charge is 0.246 e. The van der Waals surface area contributed by atoms with Crippen molar-refractivity contribution in [1.29, 1.82) is 0 Å². The predicted octanol–water partition coefficient (Wildman–Crippen LogP) is 2.23. The van der Waals surface area contributed by atoms with Crippen LogP contribution in [-0.2, 0) is 16.1 Å². The minimum absolute atomic E-state index is 0.0531. The molecule has 0 aromatic carbocycles. The van der Waals surface area contributed by atoms with Crippen molar-refractivity contribution in [3.63, 3.8) is 0 Å². The Labute approximate surface area is 177 Å². The third-order valence-corrected chi connectivity index (χ3v) is 5.66. The lowest BCUT2D eigenvalue weighted by Gasteiger charge is -2.23. The van der Waals surface area contributed by atoms with Crippen LogP contribution < -0.4 is 5.32 Å². The molecule has 1 aromatic heterocycles. The molecular weight excluding hydrogens is 378 g/mol. The molecule has 1 aliphatic carbocycles. The van der Waals surface area contributed by atoms with Gasteiger partial charge in [-0.05, 0) is 42.8 Å². The summed E-state index contributed by atoms with van der Waals surface area (Å²) < 4.78 is 0. The largest absolute Gasteiger partial charge is 0.354 e. The molecule has 1 N–H and O–H groups in total. The van der Waals surface area contributed by atoms with Gasteiger partial charge in [-0.15, -0.1) is 0 Å². The first-order valence-corrected chi connectivity index (χ1v) is 10.1. The summed E-state index contributed by atoms with van der Waals surface area (Å²) in [7, 11) is 5.78. The third kappa shape index (κ3) is 4.21. The second kappa shape index (κ2) is 8.28. The topological polar surface area (TPSA) is 68.8 Å². The molecule has 0 saturated heterocycles. The van der Waals surface area contributed by atoms with Crippen molar-refractivity contribution < 1.29 is 9.59 Å². The number of amides is 2. The summed E-state index contributed by atoms with van der Waals surface area (Å²) in [6.07, 6.45) is 14.6. The number of nitrogens with zero attached hydrogens (tertiary/aromatic N) is 4.